The lowest BCUT2D eigenvalue weighted by molar-refractivity contribution is -0.154. The number of esters is 2. The van der Waals surface area contributed by atoms with Crippen LogP contribution in [0.4, 0.5) is 13.6 Å². The second-order valence-corrected chi connectivity index (χ2v) is 5.93. The van der Waals surface area contributed by atoms with Gasteiger partial charge in [0.1, 0.15) is 0 Å². The van der Waals surface area contributed by atoms with Crippen molar-refractivity contribution in [1.82, 2.24) is 5.32 Å². The smallest absolute Gasteiger partial charge is 0.410 e. The quantitative estimate of drug-likeness (QED) is 0.350. The van der Waals surface area contributed by atoms with Gasteiger partial charge >= 0.3 is 18.0 Å². The fourth-order valence-corrected chi connectivity index (χ4v) is 2.37. The van der Waals surface area contributed by atoms with E-state index in [-0.39, 0.29) is 13.0 Å². The lowest BCUT2D eigenvalue weighted by atomic mass is 9.95. The van der Waals surface area contributed by atoms with Gasteiger partial charge in [-0.3, -0.25) is 0 Å². The minimum Gasteiger partial charge on any atom is -0.467 e. The number of allylic oxidation sites excluding steroid dienone is 2. The van der Waals surface area contributed by atoms with Gasteiger partial charge in [0.05, 0.1) is 12.7 Å². The van der Waals surface area contributed by atoms with Crippen LogP contribution >= 0.6 is 0 Å². The Kier molecular flexibility index (Phi) is 8.86. The van der Waals surface area contributed by atoms with Crippen molar-refractivity contribution in [2.45, 2.75) is 44.6 Å². The highest BCUT2D eigenvalue weighted by molar-refractivity contribution is 5.93. The molecule has 1 amide bonds. The second kappa shape index (κ2) is 10.6. The number of hydrogen-bond donors (Lipinski definition) is 2. The zero-order chi connectivity index (χ0) is 20.4. The van der Waals surface area contributed by atoms with Crippen molar-refractivity contribution in [3.63, 3.8) is 0 Å². The van der Waals surface area contributed by atoms with E-state index < -0.39 is 43.2 Å². The van der Waals surface area contributed by atoms with Gasteiger partial charge in [-0.15, -0.1) is 0 Å². The van der Waals surface area contributed by atoms with Crippen LogP contribution in [-0.4, -0.2) is 50.4 Å². The van der Waals surface area contributed by atoms with Gasteiger partial charge in [-0.05, 0) is 38.2 Å². The van der Waals surface area contributed by atoms with Crippen LogP contribution in [0.1, 0.15) is 32.6 Å². The summed E-state index contributed by atoms with van der Waals surface area (Å²) in [6.07, 6.45) is 0.835. The zero-order valence-electron chi connectivity index (χ0n) is 15.3. The monoisotopic (exact) mass is 390 g/mol. The predicted molar refractivity (Wildman–Crippen MR) is 90.7 cm³/mol. The molecule has 1 aliphatic carbocycles. The van der Waals surface area contributed by atoms with Crippen molar-refractivity contribution in [3.05, 3.63) is 23.3 Å². The molecule has 3 N–H and O–H groups in total. The Labute approximate surface area is 155 Å². The molecule has 0 aliphatic heterocycles. The van der Waals surface area contributed by atoms with Crippen molar-refractivity contribution < 1.29 is 37.4 Å². The maximum atomic E-state index is 12.9. The number of nitrogens with one attached hydrogen (secondary N) is 1. The van der Waals surface area contributed by atoms with Crippen molar-refractivity contribution in [2.75, 3.05) is 20.4 Å². The standard InChI is InChI=1S/C17H24F2N2O6/c1-11-6-3-4-7-12(11)13(22)26-10-27-16(24)21-9-5-8-17(20,14(18)19)15(23)25-2/h6-7,14H,3-5,8-10,20H2,1-2H3,(H,21,24). The Bertz CT molecular complexity index is 621. The normalized spacial score (nSPS) is 15.9. The van der Waals surface area contributed by atoms with E-state index in [1.807, 2.05) is 6.08 Å². The summed E-state index contributed by atoms with van der Waals surface area (Å²) in [6.45, 7) is 1.13. The Morgan fingerprint density at radius 1 is 1.26 bits per heavy atom. The first-order chi connectivity index (χ1) is 12.7. The second-order valence-electron chi connectivity index (χ2n) is 5.93. The van der Waals surface area contributed by atoms with Crippen molar-refractivity contribution in [1.29, 1.82) is 0 Å². The molecule has 0 saturated heterocycles. The summed E-state index contributed by atoms with van der Waals surface area (Å²) in [5, 5.41) is 2.28. The number of nitrogens with two attached hydrogens (primary N) is 1. The van der Waals surface area contributed by atoms with Gasteiger partial charge < -0.3 is 25.3 Å². The highest BCUT2D eigenvalue weighted by Gasteiger charge is 2.44. The summed E-state index contributed by atoms with van der Waals surface area (Å²) in [5.41, 5.74) is 4.16. The number of alkyl halides is 2. The molecular weight excluding hydrogens is 366 g/mol. The summed E-state index contributed by atoms with van der Waals surface area (Å²) in [4.78, 5) is 34.7. The maximum absolute atomic E-state index is 12.9. The summed E-state index contributed by atoms with van der Waals surface area (Å²) in [6, 6.07) is 0. The fourth-order valence-electron chi connectivity index (χ4n) is 2.37. The van der Waals surface area contributed by atoms with Gasteiger partial charge in [-0.2, -0.15) is 0 Å². The molecule has 0 aromatic carbocycles. The molecule has 0 aromatic heterocycles. The molecule has 0 bridgehead atoms. The molecule has 0 radical (unpaired) electrons. The first-order valence-corrected chi connectivity index (χ1v) is 8.33. The van der Waals surface area contributed by atoms with E-state index in [2.05, 4.69) is 14.8 Å². The highest BCUT2D eigenvalue weighted by atomic mass is 19.3. The van der Waals surface area contributed by atoms with Crippen molar-refractivity contribution >= 4 is 18.0 Å². The first kappa shape index (κ1) is 22.6. The topological polar surface area (TPSA) is 117 Å². The SMILES string of the molecule is COC(=O)C(N)(CCCNC(=O)OCOC(=O)C1=CCCC=C1C)C(F)F. The van der Waals surface area contributed by atoms with Crippen LogP contribution in [0, 0.1) is 0 Å². The number of methoxy groups -OCH3 is 1. The molecule has 0 aromatic rings. The number of carbonyl (C=O) groups excluding carboxylic acids is 3. The number of ether oxygens (including phenoxy) is 3. The van der Waals surface area contributed by atoms with Crippen molar-refractivity contribution in [3.8, 4) is 0 Å². The van der Waals surface area contributed by atoms with Gasteiger partial charge in [0.2, 0.25) is 6.79 Å². The molecule has 1 aliphatic rings. The van der Waals surface area contributed by atoms with E-state index in [1.54, 1.807) is 13.0 Å². The first-order valence-electron chi connectivity index (χ1n) is 8.33. The molecule has 10 heteroatoms. The molecule has 0 saturated carbocycles. The number of hydrogen-bond acceptors (Lipinski definition) is 7. The van der Waals surface area contributed by atoms with Crippen LogP contribution in [0.15, 0.2) is 23.3 Å². The van der Waals surface area contributed by atoms with E-state index in [4.69, 9.17) is 10.5 Å². The van der Waals surface area contributed by atoms with Crippen LogP contribution in [0.25, 0.3) is 0 Å². The highest BCUT2D eigenvalue weighted by Crippen LogP contribution is 2.21. The molecule has 0 spiro atoms. The average molecular weight is 390 g/mol. The van der Waals surface area contributed by atoms with Crippen LogP contribution in [0.2, 0.25) is 0 Å². The molecule has 1 rings (SSSR count). The molecule has 1 unspecified atom stereocenters. The summed E-state index contributed by atoms with van der Waals surface area (Å²) >= 11 is 0. The van der Waals surface area contributed by atoms with E-state index in [1.165, 1.54) is 0 Å². The molecule has 8 nitrogen and oxygen atoms in total. The zero-order valence-corrected chi connectivity index (χ0v) is 15.3. The van der Waals surface area contributed by atoms with Crippen LogP contribution < -0.4 is 11.1 Å². The molecule has 1 atom stereocenters. The van der Waals surface area contributed by atoms with Gasteiger partial charge in [0.25, 0.3) is 6.43 Å². The Balaban J connectivity index is 2.28. The van der Waals surface area contributed by atoms with Crippen LogP contribution in [0.3, 0.4) is 0 Å². The number of amides is 1. The Morgan fingerprint density at radius 2 is 1.93 bits per heavy atom. The molecule has 0 heterocycles. The average Bonchev–Trinajstić information content (AvgIpc) is 2.64. The summed E-state index contributed by atoms with van der Waals surface area (Å²) < 4.78 is 39.7. The summed E-state index contributed by atoms with van der Waals surface area (Å²) in [5.74, 6) is -1.83. The Hall–Kier alpha value is -2.49. The third-order valence-electron chi connectivity index (χ3n) is 3.98. The van der Waals surface area contributed by atoms with Gasteiger partial charge in [0, 0.05) is 6.54 Å². The van der Waals surface area contributed by atoms with Gasteiger partial charge in [-0.25, -0.2) is 23.2 Å². The molecular formula is C17H24F2N2O6. The maximum Gasteiger partial charge on any atom is 0.410 e. The number of alkyl carbamates (subject to hydrolysis) is 1. The Morgan fingerprint density at radius 3 is 2.52 bits per heavy atom. The van der Waals surface area contributed by atoms with E-state index in [0.717, 1.165) is 25.5 Å². The largest absolute Gasteiger partial charge is 0.467 e. The lowest BCUT2D eigenvalue weighted by Gasteiger charge is -2.25. The minimum atomic E-state index is -3.11. The third-order valence-corrected chi connectivity index (χ3v) is 3.98. The van der Waals surface area contributed by atoms with Crippen LogP contribution in [0.5, 0.6) is 0 Å². The van der Waals surface area contributed by atoms with E-state index >= 15 is 0 Å². The van der Waals surface area contributed by atoms with Gasteiger partial charge in [-0.1, -0.05) is 12.2 Å². The molecule has 0 fully saturated rings. The number of rotatable bonds is 9. The fraction of sp³-hybridized carbons (Fsp3) is 0.588. The third kappa shape index (κ3) is 6.63. The lowest BCUT2D eigenvalue weighted by Crippen LogP contribution is -2.55. The number of carbonyl (C=O) groups is 3. The van der Waals surface area contributed by atoms with Crippen LogP contribution in [-0.2, 0) is 23.8 Å². The minimum absolute atomic E-state index is 0.0122. The molecule has 152 valence electrons. The van der Waals surface area contributed by atoms with E-state index in [9.17, 15) is 23.2 Å². The number of halogens is 2. The van der Waals surface area contributed by atoms with Gasteiger partial charge in [0.15, 0.2) is 5.54 Å². The molecule has 27 heavy (non-hydrogen) atoms. The van der Waals surface area contributed by atoms with Crippen molar-refractivity contribution in [2.24, 2.45) is 5.73 Å². The van der Waals surface area contributed by atoms with E-state index in [0.29, 0.717) is 5.57 Å². The predicted octanol–water partition coefficient (Wildman–Crippen LogP) is 1.80. The summed E-state index contributed by atoms with van der Waals surface area (Å²) in [7, 11) is 0.962.